The minimum Gasteiger partial charge on any atom is -0.360 e. The highest BCUT2D eigenvalue weighted by molar-refractivity contribution is 5.57. The topological polar surface area (TPSA) is 21.6 Å². The van der Waals surface area contributed by atoms with Crippen LogP contribution in [0.15, 0.2) is 4.99 Å². The molecule has 0 amide bonds. The van der Waals surface area contributed by atoms with Gasteiger partial charge in [-0.25, -0.2) is 0 Å². The smallest absolute Gasteiger partial charge is 0.147 e. The second kappa shape index (κ2) is 2.82. The second-order valence-corrected chi connectivity index (χ2v) is 1.95. The normalized spacial score (nSPS) is 28.4. The molecule has 1 atom stereocenters. The van der Waals surface area contributed by atoms with Crippen LogP contribution < -0.4 is 0 Å². The van der Waals surface area contributed by atoms with Gasteiger partial charge in [-0.15, -0.1) is 0 Å². The number of rotatable bonds is 1. The monoisotopic (exact) mass is 113 g/mol. The molecule has 0 saturated carbocycles. The van der Waals surface area contributed by atoms with Gasteiger partial charge in [-0.05, 0) is 19.3 Å². The molecule has 1 heterocycles. The Balaban J connectivity index is 2.32. The summed E-state index contributed by atoms with van der Waals surface area (Å²) in [6.07, 6.45) is 5.54. The zero-order valence-electron chi connectivity index (χ0n) is 5.13. The van der Waals surface area contributed by atoms with E-state index in [9.17, 15) is 0 Å². The Morgan fingerprint density at radius 3 is 3.00 bits per heavy atom. The predicted octanol–water partition coefficient (Wildman–Crippen LogP) is 1.21. The lowest BCUT2D eigenvalue weighted by Crippen LogP contribution is -2.10. The lowest BCUT2D eigenvalue weighted by molar-refractivity contribution is 0.0985. The number of ether oxygens (including phenoxy) is 1. The van der Waals surface area contributed by atoms with Crippen molar-refractivity contribution in [3.8, 4) is 0 Å². The van der Waals surface area contributed by atoms with Gasteiger partial charge in [-0.3, -0.25) is 4.99 Å². The minimum absolute atomic E-state index is 0.156. The van der Waals surface area contributed by atoms with E-state index < -0.39 is 0 Å². The maximum absolute atomic E-state index is 4.99. The predicted molar refractivity (Wildman–Crippen MR) is 33.1 cm³/mol. The zero-order valence-corrected chi connectivity index (χ0v) is 5.13. The zero-order chi connectivity index (χ0) is 5.82. The molecule has 0 radical (unpaired) electrons. The van der Waals surface area contributed by atoms with Crippen LogP contribution in [0.3, 0.4) is 0 Å². The lowest BCUT2D eigenvalue weighted by atomic mass is 10.2. The first kappa shape index (κ1) is 5.76. The first-order valence-electron chi connectivity index (χ1n) is 2.98. The molecule has 0 aliphatic carbocycles. The highest BCUT2D eigenvalue weighted by Gasteiger charge is 2.05. The highest BCUT2D eigenvalue weighted by atomic mass is 16.5. The molecular formula is C6H11NO. The number of hydrogen-bond donors (Lipinski definition) is 0. The van der Waals surface area contributed by atoms with Gasteiger partial charge in [0.1, 0.15) is 6.23 Å². The van der Waals surface area contributed by atoms with E-state index in [4.69, 9.17) is 4.74 Å². The van der Waals surface area contributed by atoms with Gasteiger partial charge in [0.25, 0.3) is 0 Å². The molecule has 1 aliphatic rings. The number of methoxy groups -OCH3 is 1. The molecule has 1 rings (SSSR count). The van der Waals surface area contributed by atoms with Crippen LogP contribution in [0.5, 0.6) is 0 Å². The van der Waals surface area contributed by atoms with Crippen molar-refractivity contribution >= 4 is 6.21 Å². The molecule has 0 spiro atoms. The van der Waals surface area contributed by atoms with E-state index in [0.29, 0.717) is 0 Å². The third kappa shape index (κ3) is 1.30. The molecule has 0 aromatic heterocycles. The van der Waals surface area contributed by atoms with Crippen LogP contribution in [-0.4, -0.2) is 19.6 Å². The fraction of sp³-hybridized carbons (Fsp3) is 0.833. The van der Waals surface area contributed by atoms with E-state index in [1.807, 2.05) is 6.21 Å². The first-order chi connectivity index (χ1) is 3.93. The Morgan fingerprint density at radius 2 is 2.62 bits per heavy atom. The highest BCUT2D eigenvalue weighted by Crippen LogP contribution is 2.08. The fourth-order valence-electron chi connectivity index (χ4n) is 0.829. The molecule has 0 aromatic rings. The van der Waals surface area contributed by atoms with Crippen LogP contribution in [0.4, 0.5) is 0 Å². The summed E-state index contributed by atoms with van der Waals surface area (Å²) in [5.41, 5.74) is 0. The number of hydrogen-bond acceptors (Lipinski definition) is 2. The Bertz CT molecular complexity index is 90.5. The Labute approximate surface area is 49.6 Å². The molecule has 0 saturated heterocycles. The maximum atomic E-state index is 4.99. The van der Waals surface area contributed by atoms with Gasteiger partial charge in [-0.2, -0.15) is 0 Å². The van der Waals surface area contributed by atoms with Crippen molar-refractivity contribution in [3.05, 3.63) is 0 Å². The molecule has 1 unspecified atom stereocenters. The van der Waals surface area contributed by atoms with Crippen molar-refractivity contribution in [1.29, 1.82) is 0 Å². The van der Waals surface area contributed by atoms with Crippen LogP contribution >= 0.6 is 0 Å². The first-order valence-corrected chi connectivity index (χ1v) is 2.98. The van der Waals surface area contributed by atoms with E-state index in [2.05, 4.69) is 4.99 Å². The van der Waals surface area contributed by atoms with Gasteiger partial charge in [0.05, 0.1) is 0 Å². The van der Waals surface area contributed by atoms with Crippen molar-refractivity contribution in [1.82, 2.24) is 0 Å². The fourth-order valence-corrected chi connectivity index (χ4v) is 0.829. The second-order valence-electron chi connectivity index (χ2n) is 1.95. The molecule has 8 heavy (non-hydrogen) atoms. The molecule has 1 aliphatic heterocycles. The molecule has 46 valence electrons. The van der Waals surface area contributed by atoms with Gasteiger partial charge in [0.2, 0.25) is 0 Å². The standard InChI is InChI=1S/C6H11NO/c1-8-6-4-2-3-5-7-6/h5-6H,2-4H2,1H3. The quantitative estimate of drug-likeness (QED) is 0.501. The number of nitrogens with zero attached hydrogens (tertiary/aromatic N) is 1. The van der Waals surface area contributed by atoms with Crippen molar-refractivity contribution in [2.24, 2.45) is 4.99 Å². The van der Waals surface area contributed by atoms with E-state index in [1.54, 1.807) is 7.11 Å². The maximum Gasteiger partial charge on any atom is 0.147 e. The Kier molecular flexibility index (Phi) is 2.03. The van der Waals surface area contributed by atoms with E-state index in [0.717, 1.165) is 12.8 Å². The largest absolute Gasteiger partial charge is 0.360 e. The molecule has 0 N–H and O–H groups in total. The van der Waals surface area contributed by atoms with Crippen LogP contribution in [0, 0.1) is 0 Å². The van der Waals surface area contributed by atoms with Gasteiger partial charge in [0.15, 0.2) is 0 Å². The number of aliphatic imine (C=N–C) groups is 1. The summed E-state index contributed by atoms with van der Waals surface area (Å²) in [6, 6.07) is 0. The molecular weight excluding hydrogens is 102 g/mol. The van der Waals surface area contributed by atoms with Gasteiger partial charge < -0.3 is 4.74 Å². The van der Waals surface area contributed by atoms with Gasteiger partial charge in [0, 0.05) is 13.3 Å². The van der Waals surface area contributed by atoms with Gasteiger partial charge in [-0.1, -0.05) is 0 Å². The molecule has 2 heteroatoms. The van der Waals surface area contributed by atoms with Gasteiger partial charge >= 0.3 is 0 Å². The third-order valence-corrected chi connectivity index (χ3v) is 1.33. The van der Waals surface area contributed by atoms with Crippen molar-refractivity contribution in [2.75, 3.05) is 7.11 Å². The minimum atomic E-state index is 0.156. The van der Waals surface area contributed by atoms with Crippen molar-refractivity contribution in [2.45, 2.75) is 25.5 Å². The third-order valence-electron chi connectivity index (χ3n) is 1.33. The molecule has 0 fully saturated rings. The summed E-state index contributed by atoms with van der Waals surface area (Å²) < 4.78 is 4.99. The van der Waals surface area contributed by atoms with Crippen LogP contribution in [-0.2, 0) is 4.74 Å². The van der Waals surface area contributed by atoms with Crippen LogP contribution in [0.1, 0.15) is 19.3 Å². The summed E-state index contributed by atoms with van der Waals surface area (Å²) in [5.74, 6) is 0. The van der Waals surface area contributed by atoms with Crippen LogP contribution in [0.2, 0.25) is 0 Å². The summed E-state index contributed by atoms with van der Waals surface area (Å²) in [5, 5.41) is 0. The average Bonchev–Trinajstić information content (AvgIpc) is 1.90. The molecule has 2 nitrogen and oxygen atoms in total. The van der Waals surface area contributed by atoms with Crippen molar-refractivity contribution in [3.63, 3.8) is 0 Å². The van der Waals surface area contributed by atoms with E-state index in [1.165, 1.54) is 6.42 Å². The lowest BCUT2D eigenvalue weighted by Gasteiger charge is -2.12. The summed E-state index contributed by atoms with van der Waals surface area (Å²) >= 11 is 0. The Hall–Kier alpha value is -0.370. The summed E-state index contributed by atoms with van der Waals surface area (Å²) in [4.78, 5) is 4.10. The SMILES string of the molecule is COC1CCCC=N1. The summed E-state index contributed by atoms with van der Waals surface area (Å²) in [6.45, 7) is 0. The molecule has 0 bridgehead atoms. The molecule has 0 aromatic carbocycles. The Morgan fingerprint density at radius 1 is 1.75 bits per heavy atom. The van der Waals surface area contributed by atoms with Crippen molar-refractivity contribution < 1.29 is 4.74 Å². The van der Waals surface area contributed by atoms with E-state index in [-0.39, 0.29) is 6.23 Å². The van der Waals surface area contributed by atoms with E-state index >= 15 is 0 Å². The van der Waals surface area contributed by atoms with Crippen LogP contribution in [0.25, 0.3) is 0 Å². The summed E-state index contributed by atoms with van der Waals surface area (Å²) in [7, 11) is 1.70. The average molecular weight is 113 g/mol.